The van der Waals surface area contributed by atoms with Crippen molar-refractivity contribution in [1.29, 1.82) is 0 Å². The average molecular weight is 405 g/mol. The lowest BCUT2D eigenvalue weighted by molar-refractivity contribution is -0.882. The van der Waals surface area contributed by atoms with Crippen molar-refractivity contribution in [2.24, 2.45) is 10.7 Å². The number of carbonyl (C=O) groups excluding carboxylic acids is 2. The Morgan fingerprint density at radius 3 is 2.14 bits per heavy atom. The zero-order valence-corrected chi connectivity index (χ0v) is 15.8. The van der Waals surface area contributed by atoms with E-state index in [4.69, 9.17) is 10.8 Å². The van der Waals surface area contributed by atoms with Crippen LogP contribution >= 0.6 is 0 Å². The number of likely N-dealkylation sites (N-methyl/N-ethyl adjacent to an activating group) is 2. The number of nitrogens with two attached hydrogens (primary N) is 1. The van der Waals surface area contributed by atoms with Crippen LogP contribution in [0.4, 0.5) is 0 Å². The summed E-state index contributed by atoms with van der Waals surface area (Å²) in [4.78, 5) is 29.5. The van der Waals surface area contributed by atoms with Crippen molar-refractivity contribution >= 4 is 17.5 Å². The Bertz CT molecular complexity index is 640. The molecule has 1 aliphatic heterocycles. The van der Waals surface area contributed by atoms with Gasteiger partial charge in [-0.25, -0.2) is 4.99 Å². The highest BCUT2D eigenvalue weighted by molar-refractivity contribution is 6.39. The van der Waals surface area contributed by atoms with Crippen LogP contribution < -0.4 is 5.73 Å². The summed E-state index contributed by atoms with van der Waals surface area (Å²) in [5.74, 6) is -1.70. The molecule has 28 heavy (non-hydrogen) atoms. The Balaban J connectivity index is 3.37. The molecule has 160 valence electrons. The van der Waals surface area contributed by atoms with Crippen molar-refractivity contribution in [3.8, 4) is 0 Å². The number of amides is 2. The molecule has 0 aliphatic carbocycles. The van der Waals surface area contributed by atoms with Gasteiger partial charge in [-0.05, 0) is 0 Å². The largest absolute Gasteiger partial charge is 0.394 e. The Labute approximate surface area is 162 Å². The molecule has 0 fully saturated rings. The molecule has 0 spiro atoms. The molecule has 0 saturated heterocycles. The quantitative estimate of drug-likeness (QED) is 0.175. The van der Waals surface area contributed by atoms with Crippen LogP contribution in [0.1, 0.15) is 0 Å². The number of quaternary nitrogens is 1. The Hall–Kier alpha value is -1.93. The van der Waals surface area contributed by atoms with Gasteiger partial charge in [0.1, 0.15) is 24.9 Å². The first-order valence-electron chi connectivity index (χ1n) is 8.58. The van der Waals surface area contributed by atoms with E-state index in [1.54, 1.807) is 0 Å². The molecular formula is C16H29N4O8+. The average Bonchev–Trinajstić information content (AvgIpc) is 2.66. The van der Waals surface area contributed by atoms with Crippen LogP contribution in [0, 0.1) is 0 Å². The molecule has 0 radical (unpaired) electrons. The summed E-state index contributed by atoms with van der Waals surface area (Å²) < 4.78 is -0.346. The third-order valence-electron chi connectivity index (χ3n) is 4.88. The first-order chi connectivity index (χ1) is 13.1. The van der Waals surface area contributed by atoms with E-state index in [0.29, 0.717) is 0 Å². The highest BCUT2D eigenvalue weighted by Gasteiger charge is 2.42. The fraction of sp³-hybridized carbons (Fsp3) is 0.688. The van der Waals surface area contributed by atoms with Crippen molar-refractivity contribution in [1.82, 2.24) is 4.90 Å². The predicted octanol–water partition coefficient (Wildman–Crippen LogP) is -4.90. The van der Waals surface area contributed by atoms with E-state index in [0.717, 1.165) is 4.90 Å². The van der Waals surface area contributed by atoms with E-state index in [1.165, 1.54) is 20.3 Å². The minimum Gasteiger partial charge on any atom is -0.394 e. The second-order valence-electron chi connectivity index (χ2n) is 6.86. The van der Waals surface area contributed by atoms with Gasteiger partial charge in [-0.3, -0.25) is 14.1 Å². The molecule has 1 heterocycles. The maximum atomic E-state index is 12.8. The third kappa shape index (κ3) is 5.11. The van der Waals surface area contributed by atoms with E-state index in [1.807, 2.05) is 0 Å². The zero-order valence-electron chi connectivity index (χ0n) is 15.8. The summed E-state index contributed by atoms with van der Waals surface area (Å²) in [6.07, 6.45) is -1.47. The number of aliphatic imine (C=N–C) groups is 1. The lowest BCUT2D eigenvalue weighted by atomic mass is 10.1. The van der Waals surface area contributed by atoms with E-state index in [-0.39, 0.29) is 22.4 Å². The highest BCUT2D eigenvalue weighted by Crippen LogP contribution is 2.23. The molecular weight excluding hydrogens is 376 g/mol. The van der Waals surface area contributed by atoms with Crippen molar-refractivity contribution < 1.29 is 44.7 Å². The van der Waals surface area contributed by atoms with Gasteiger partial charge in [-0.2, -0.15) is 0 Å². The molecule has 0 bridgehead atoms. The van der Waals surface area contributed by atoms with Crippen molar-refractivity contribution in [3.05, 3.63) is 11.9 Å². The molecule has 0 aromatic rings. The van der Waals surface area contributed by atoms with Crippen LogP contribution in [0.2, 0.25) is 0 Å². The van der Waals surface area contributed by atoms with Gasteiger partial charge in [0.15, 0.2) is 11.4 Å². The normalized spacial score (nSPS) is 23.9. The Morgan fingerprint density at radius 2 is 1.71 bits per heavy atom. The zero-order chi connectivity index (χ0) is 21.6. The lowest BCUT2D eigenvalue weighted by Gasteiger charge is -2.41. The maximum Gasteiger partial charge on any atom is 0.278 e. The van der Waals surface area contributed by atoms with Gasteiger partial charge in [-0.1, -0.05) is 0 Å². The molecule has 0 aromatic heterocycles. The monoisotopic (exact) mass is 405 g/mol. The van der Waals surface area contributed by atoms with Gasteiger partial charge in [0.05, 0.1) is 45.6 Å². The minimum absolute atomic E-state index is 0.138. The van der Waals surface area contributed by atoms with Crippen molar-refractivity contribution in [2.45, 2.75) is 24.3 Å². The molecule has 0 saturated carbocycles. The number of hydrogen-bond acceptors (Lipinski definition) is 9. The summed E-state index contributed by atoms with van der Waals surface area (Å²) in [6, 6.07) is -2.12. The topological polar surface area (TPSA) is 197 Å². The number of carbonyl (C=O) groups is 2. The van der Waals surface area contributed by atoms with E-state index < -0.39 is 62.5 Å². The number of hydrogen-bond donors (Lipinski definition) is 7. The first kappa shape index (κ1) is 24.1. The van der Waals surface area contributed by atoms with Crippen molar-refractivity contribution in [2.75, 3.05) is 47.1 Å². The van der Waals surface area contributed by atoms with Gasteiger partial charge >= 0.3 is 0 Å². The number of aliphatic hydroxyl groups is 6. The number of rotatable bonds is 10. The molecule has 12 heteroatoms. The van der Waals surface area contributed by atoms with Gasteiger partial charge in [0.2, 0.25) is 0 Å². The molecule has 1 aliphatic rings. The summed E-state index contributed by atoms with van der Waals surface area (Å²) in [5.41, 5.74) is 4.86. The van der Waals surface area contributed by atoms with Gasteiger partial charge in [0, 0.05) is 7.05 Å². The summed E-state index contributed by atoms with van der Waals surface area (Å²) >= 11 is 0. The lowest BCUT2D eigenvalue weighted by Crippen LogP contribution is -2.61. The fourth-order valence-corrected chi connectivity index (χ4v) is 3.08. The molecule has 0 aromatic carbocycles. The number of primary amides is 1. The SMILES string of the molecule is CN(C(=O)C1=C[N+](C)(C(CO)C(O)CO)CC(C(N)=O)=N1)C(CO)C(O)CO. The number of nitrogens with zero attached hydrogens (tertiary/aromatic N) is 3. The Kier molecular flexibility index (Phi) is 8.63. The smallest absolute Gasteiger partial charge is 0.278 e. The number of aliphatic hydroxyl groups excluding tert-OH is 6. The van der Waals surface area contributed by atoms with E-state index in [2.05, 4.69) is 4.99 Å². The van der Waals surface area contributed by atoms with Gasteiger partial charge < -0.3 is 41.3 Å². The third-order valence-corrected chi connectivity index (χ3v) is 4.88. The second-order valence-corrected chi connectivity index (χ2v) is 6.86. The second kappa shape index (κ2) is 10.0. The van der Waals surface area contributed by atoms with Crippen LogP contribution in [0.3, 0.4) is 0 Å². The van der Waals surface area contributed by atoms with Crippen LogP contribution in [0.15, 0.2) is 16.9 Å². The maximum absolute atomic E-state index is 12.8. The fourth-order valence-electron chi connectivity index (χ4n) is 3.08. The molecule has 1 rings (SSSR count). The van der Waals surface area contributed by atoms with Gasteiger partial charge in [0.25, 0.3) is 11.8 Å². The molecule has 5 unspecified atom stereocenters. The molecule has 8 N–H and O–H groups in total. The standard InChI is InChI=1S/C16H28N4O8/c1-19(11(5-21)13(25)7-23)16(28)10-4-20(2,3-9(18-10)15(17)27)12(6-22)14(26)8-24/h4,11-14,21-26H,3,5-8H2,1-2H3,(H-,17,27)/p+1. The molecule has 2 amide bonds. The van der Waals surface area contributed by atoms with E-state index in [9.17, 15) is 35.1 Å². The van der Waals surface area contributed by atoms with Crippen LogP contribution in [0.25, 0.3) is 0 Å². The highest BCUT2D eigenvalue weighted by atomic mass is 16.3. The summed E-state index contributed by atoms with van der Waals surface area (Å²) in [5, 5.41) is 57.2. The predicted molar refractivity (Wildman–Crippen MR) is 96.5 cm³/mol. The van der Waals surface area contributed by atoms with Gasteiger partial charge in [-0.15, -0.1) is 0 Å². The molecule has 5 atom stereocenters. The summed E-state index contributed by atoms with van der Waals surface area (Å²) in [6.45, 7) is -2.70. The first-order valence-corrected chi connectivity index (χ1v) is 8.58. The van der Waals surface area contributed by atoms with Crippen LogP contribution in [0.5, 0.6) is 0 Å². The minimum atomic E-state index is -1.41. The van der Waals surface area contributed by atoms with Crippen LogP contribution in [-0.2, 0) is 9.59 Å². The Morgan fingerprint density at radius 1 is 1.14 bits per heavy atom. The summed E-state index contributed by atoms with van der Waals surface area (Å²) in [7, 11) is 2.78. The van der Waals surface area contributed by atoms with Crippen LogP contribution in [-0.4, -0.2) is 129 Å². The van der Waals surface area contributed by atoms with Crippen molar-refractivity contribution in [3.63, 3.8) is 0 Å². The molecule has 12 nitrogen and oxygen atoms in total. The van der Waals surface area contributed by atoms with E-state index >= 15 is 0 Å².